The summed E-state index contributed by atoms with van der Waals surface area (Å²) in [5.74, 6) is -0.962. The number of fused-ring (bicyclic) bond motifs is 1. The van der Waals surface area contributed by atoms with Gasteiger partial charge < -0.3 is 5.11 Å². The predicted molar refractivity (Wildman–Crippen MR) is 91.3 cm³/mol. The van der Waals surface area contributed by atoms with Crippen LogP contribution in [0.2, 0.25) is 0 Å². The molecule has 4 rings (SSSR count). The Hall–Kier alpha value is -2.51. The Morgan fingerprint density at radius 1 is 1.22 bits per heavy atom. The highest BCUT2D eigenvalue weighted by atomic mass is 32.1. The number of imidazole rings is 1. The van der Waals surface area contributed by atoms with Crippen LogP contribution in [0.3, 0.4) is 0 Å². The second kappa shape index (κ2) is 5.29. The first-order valence-electron chi connectivity index (χ1n) is 6.87. The molecule has 0 aliphatic carbocycles. The van der Waals surface area contributed by atoms with Crippen molar-refractivity contribution in [1.29, 1.82) is 0 Å². The van der Waals surface area contributed by atoms with E-state index in [0.29, 0.717) is 10.7 Å². The Labute approximate surface area is 139 Å². The molecule has 3 aromatic heterocycles. The van der Waals surface area contributed by atoms with E-state index in [1.165, 1.54) is 11.3 Å². The standard InChI is InChI=1S/C16H11N3O2S2/c1-9-12(19-7-8-22-16(19)17-9)14-18-11(13(23-14)15(20)21)10-5-3-2-4-6-10/h2-8H,1H3,(H,20,21). The van der Waals surface area contributed by atoms with Gasteiger partial charge in [-0.25, -0.2) is 14.8 Å². The minimum atomic E-state index is -0.962. The van der Waals surface area contributed by atoms with Crippen molar-refractivity contribution in [3.8, 4) is 22.0 Å². The van der Waals surface area contributed by atoms with Crippen molar-refractivity contribution < 1.29 is 9.90 Å². The molecule has 1 N–H and O–H groups in total. The second-order valence-electron chi connectivity index (χ2n) is 4.97. The fraction of sp³-hybridized carbons (Fsp3) is 0.0625. The molecule has 4 aromatic rings. The fourth-order valence-corrected chi connectivity index (χ4v) is 4.29. The van der Waals surface area contributed by atoms with Crippen LogP contribution in [0.1, 0.15) is 15.4 Å². The smallest absolute Gasteiger partial charge is 0.348 e. The van der Waals surface area contributed by atoms with Gasteiger partial charge in [-0.3, -0.25) is 4.40 Å². The molecule has 114 valence electrons. The van der Waals surface area contributed by atoms with E-state index in [9.17, 15) is 9.90 Å². The van der Waals surface area contributed by atoms with E-state index in [0.717, 1.165) is 21.9 Å². The molecule has 5 nitrogen and oxygen atoms in total. The quantitative estimate of drug-likeness (QED) is 0.606. The zero-order valence-corrected chi connectivity index (χ0v) is 13.7. The number of hydrogen-bond acceptors (Lipinski definition) is 5. The van der Waals surface area contributed by atoms with Crippen molar-refractivity contribution in [2.24, 2.45) is 0 Å². The van der Waals surface area contributed by atoms with Gasteiger partial charge in [0.1, 0.15) is 15.6 Å². The van der Waals surface area contributed by atoms with Gasteiger partial charge in [0.2, 0.25) is 0 Å². The molecule has 0 radical (unpaired) electrons. The molecule has 0 atom stereocenters. The Balaban J connectivity index is 1.96. The third kappa shape index (κ3) is 2.25. The number of benzene rings is 1. The van der Waals surface area contributed by atoms with Gasteiger partial charge in [-0.2, -0.15) is 0 Å². The summed E-state index contributed by atoms with van der Waals surface area (Å²) in [6.07, 6.45) is 1.93. The van der Waals surface area contributed by atoms with Crippen LogP contribution in [0.15, 0.2) is 41.9 Å². The number of carboxylic acid groups (broad SMARTS) is 1. The van der Waals surface area contributed by atoms with Gasteiger partial charge in [0.05, 0.1) is 11.4 Å². The summed E-state index contributed by atoms with van der Waals surface area (Å²) in [6, 6.07) is 9.39. The zero-order chi connectivity index (χ0) is 16.0. The van der Waals surface area contributed by atoms with Gasteiger partial charge in [-0.15, -0.1) is 22.7 Å². The highest BCUT2D eigenvalue weighted by Crippen LogP contribution is 2.36. The average Bonchev–Trinajstić information content (AvgIpc) is 3.21. The Bertz CT molecular complexity index is 1010. The highest BCUT2D eigenvalue weighted by Gasteiger charge is 2.22. The number of hydrogen-bond donors (Lipinski definition) is 1. The van der Waals surface area contributed by atoms with Gasteiger partial charge in [-0.05, 0) is 6.92 Å². The second-order valence-corrected chi connectivity index (χ2v) is 6.84. The molecule has 0 spiro atoms. The first-order chi connectivity index (χ1) is 11.1. The zero-order valence-electron chi connectivity index (χ0n) is 12.1. The Kier molecular flexibility index (Phi) is 3.24. The van der Waals surface area contributed by atoms with Crippen molar-refractivity contribution in [1.82, 2.24) is 14.4 Å². The van der Waals surface area contributed by atoms with E-state index in [2.05, 4.69) is 9.97 Å². The fourth-order valence-electron chi connectivity index (χ4n) is 2.51. The van der Waals surface area contributed by atoms with Gasteiger partial charge >= 0.3 is 5.97 Å². The number of rotatable bonds is 3. The lowest BCUT2D eigenvalue weighted by molar-refractivity contribution is 0.0702. The van der Waals surface area contributed by atoms with Crippen molar-refractivity contribution >= 4 is 33.6 Å². The first-order valence-corrected chi connectivity index (χ1v) is 8.57. The lowest BCUT2D eigenvalue weighted by Crippen LogP contribution is -1.95. The SMILES string of the molecule is Cc1nc2sccn2c1-c1nc(-c2ccccc2)c(C(=O)O)s1. The molecule has 0 saturated heterocycles. The number of carbonyl (C=O) groups is 1. The number of thiazole rings is 2. The lowest BCUT2D eigenvalue weighted by atomic mass is 10.1. The largest absolute Gasteiger partial charge is 0.477 e. The van der Waals surface area contributed by atoms with Crippen molar-refractivity contribution in [2.75, 3.05) is 0 Å². The molecule has 23 heavy (non-hydrogen) atoms. The van der Waals surface area contributed by atoms with Gasteiger partial charge in [0.15, 0.2) is 4.96 Å². The summed E-state index contributed by atoms with van der Waals surface area (Å²) < 4.78 is 1.96. The van der Waals surface area contributed by atoms with E-state index < -0.39 is 5.97 Å². The minimum absolute atomic E-state index is 0.246. The van der Waals surface area contributed by atoms with E-state index in [1.807, 2.05) is 53.2 Å². The van der Waals surface area contributed by atoms with E-state index in [-0.39, 0.29) is 4.88 Å². The third-order valence-corrected chi connectivity index (χ3v) is 5.31. The van der Waals surface area contributed by atoms with Gasteiger partial charge in [0.25, 0.3) is 0 Å². The normalized spacial score (nSPS) is 11.2. The first kappa shape index (κ1) is 14.1. The van der Waals surface area contributed by atoms with Gasteiger partial charge in [0, 0.05) is 17.1 Å². The summed E-state index contributed by atoms with van der Waals surface area (Å²) in [6.45, 7) is 1.92. The molecule has 7 heteroatoms. The molecule has 0 saturated carbocycles. The maximum absolute atomic E-state index is 11.6. The number of aromatic nitrogens is 3. The molecule has 0 bridgehead atoms. The molecular formula is C16H11N3O2S2. The Morgan fingerprint density at radius 2 is 2.00 bits per heavy atom. The van der Waals surface area contributed by atoms with Gasteiger partial charge in [-0.1, -0.05) is 30.3 Å². The number of carboxylic acids is 1. The molecule has 0 fully saturated rings. The molecule has 0 aliphatic heterocycles. The molecular weight excluding hydrogens is 330 g/mol. The van der Waals surface area contributed by atoms with Crippen LogP contribution in [-0.4, -0.2) is 25.4 Å². The molecule has 0 amide bonds. The summed E-state index contributed by atoms with van der Waals surface area (Å²) in [7, 11) is 0. The molecule has 0 unspecified atom stereocenters. The van der Waals surface area contributed by atoms with Crippen LogP contribution >= 0.6 is 22.7 Å². The summed E-state index contributed by atoms with van der Waals surface area (Å²) in [4.78, 5) is 21.9. The van der Waals surface area contributed by atoms with Crippen molar-refractivity contribution in [3.05, 3.63) is 52.5 Å². The van der Waals surface area contributed by atoms with E-state index >= 15 is 0 Å². The van der Waals surface area contributed by atoms with Crippen LogP contribution in [-0.2, 0) is 0 Å². The number of aryl methyl sites for hydroxylation is 1. The monoisotopic (exact) mass is 341 g/mol. The highest BCUT2D eigenvalue weighted by molar-refractivity contribution is 7.17. The molecule has 0 aliphatic rings. The van der Waals surface area contributed by atoms with Crippen molar-refractivity contribution in [3.63, 3.8) is 0 Å². The van der Waals surface area contributed by atoms with Crippen LogP contribution in [0.5, 0.6) is 0 Å². The maximum atomic E-state index is 11.6. The van der Waals surface area contributed by atoms with Crippen LogP contribution in [0.25, 0.3) is 26.9 Å². The molecule has 3 heterocycles. The average molecular weight is 341 g/mol. The lowest BCUT2D eigenvalue weighted by Gasteiger charge is -1.98. The Morgan fingerprint density at radius 3 is 2.74 bits per heavy atom. The maximum Gasteiger partial charge on any atom is 0.348 e. The summed E-state index contributed by atoms with van der Waals surface area (Å²) >= 11 is 2.73. The summed E-state index contributed by atoms with van der Waals surface area (Å²) in [5, 5.41) is 12.2. The van der Waals surface area contributed by atoms with Crippen LogP contribution in [0, 0.1) is 6.92 Å². The summed E-state index contributed by atoms with van der Waals surface area (Å²) in [5.41, 5.74) is 3.01. The van der Waals surface area contributed by atoms with Crippen LogP contribution in [0.4, 0.5) is 0 Å². The third-order valence-electron chi connectivity index (χ3n) is 3.51. The predicted octanol–water partition coefficient (Wildman–Crippen LogP) is 4.19. The number of nitrogens with zero attached hydrogens (tertiary/aromatic N) is 3. The number of aromatic carboxylic acids is 1. The topological polar surface area (TPSA) is 67.5 Å². The minimum Gasteiger partial charge on any atom is -0.477 e. The molecule has 1 aromatic carbocycles. The van der Waals surface area contributed by atoms with Crippen LogP contribution < -0.4 is 0 Å². The van der Waals surface area contributed by atoms with E-state index in [1.54, 1.807) is 11.3 Å². The van der Waals surface area contributed by atoms with E-state index in [4.69, 9.17) is 0 Å². The van der Waals surface area contributed by atoms with Crippen molar-refractivity contribution in [2.45, 2.75) is 6.92 Å².